The standard InChI is InChI=1S/C17H19N3OS/c1-20(11-14-5-3-2-4-6-14)12-16(21)13-22-17-9-15(10-18)7-8-19-17/h2-9,16,21H,11-13H2,1H3. The van der Waals surface area contributed by atoms with Crippen molar-refractivity contribution >= 4 is 11.8 Å². The predicted molar refractivity (Wildman–Crippen MR) is 88.5 cm³/mol. The largest absolute Gasteiger partial charge is 0.391 e. The first kappa shape index (κ1) is 16.5. The van der Waals surface area contributed by atoms with Crippen molar-refractivity contribution in [3.05, 3.63) is 59.8 Å². The minimum Gasteiger partial charge on any atom is -0.391 e. The van der Waals surface area contributed by atoms with Gasteiger partial charge in [0.25, 0.3) is 0 Å². The van der Waals surface area contributed by atoms with E-state index in [9.17, 15) is 5.11 Å². The van der Waals surface area contributed by atoms with Crippen molar-refractivity contribution < 1.29 is 5.11 Å². The molecule has 1 unspecified atom stereocenters. The van der Waals surface area contributed by atoms with E-state index in [1.165, 1.54) is 17.3 Å². The van der Waals surface area contributed by atoms with Gasteiger partial charge in [0, 0.05) is 25.0 Å². The van der Waals surface area contributed by atoms with Gasteiger partial charge >= 0.3 is 0 Å². The Bertz CT molecular complexity index is 627. The van der Waals surface area contributed by atoms with Crippen LogP contribution < -0.4 is 0 Å². The van der Waals surface area contributed by atoms with Crippen LogP contribution in [-0.2, 0) is 6.54 Å². The summed E-state index contributed by atoms with van der Waals surface area (Å²) in [5.74, 6) is 0.557. The third kappa shape index (κ3) is 5.49. The van der Waals surface area contributed by atoms with E-state index in [1.54, 1.807) is 18.3 Å². The summed E-state index contributed by atoms with van der Waals surface area (Å²) < 4.78 is 0. The lowest BCUT2D eigenvalue weighted by Gasteiger charge is -2.20. The van der Waals surface area contributed by atoms with Crippen molar-refractivity contribution in [1.82, 2.24) is 9.88 Å². The van der Waals surface area contributed by atoms with Crippen LogP contribution in [0.25, 0.3) is 0 Å². The Morgan fingerprint density at radius 1 is 1.32 bits per heavy atom. The maximum atomic E-state index is 10.1. The van der Waals surface area contributed by atoms with E-state index in [-0.39, 0.29) is 0 Å². The van der Waals surface area contributed by atoms with Gasteiger partial charge in [-0.2, -0.15) is 5.26 Å². The molecular weight excluding hydrogens is 294 g/mol. The lowest BCUT2D eigenvalue weighted by molar-refractivity contribution is 0.142. The van der Waals surface area contributed by atoms with Crippen molar-refractivity contribution in [2.75, 3.05) is 19.3 Å². The minimum atomic E-state index is -0.439. The van der Waals surface area contributed by atoms with Gasteiger partial charge in [-0.25, -0.2) is 4.98 Å². The van der Waals surface area contributed by atoms with Crippen LogP contribution in [0.1, 0.15) is 11.1 Å². The van der Waals surface area contributed by atoms with E-state index in [0.29, 0.717) is 17.9 Å². The number of aliphatic hydroxyl groups is 1. The summed E-state index contributed by atoms with van der Waals surface area (Å²) in [6, 6.07) is 15.7. The monoisotopic (exact) mass is 313 g/mol. The Labute approximate surface area is 135 Å². The molecule has 0 bridgehead atoms. The quantitative estimate of drug-likeness (QED) is 0.796. The molecule has 2 rings (SSSR count). The Morgan fingerprint density at radius 2 is 2.09 bits per heavy atom. The molecule has 1 aromatic heterocycles. The zero-order valence-electron chi connectivity index (χ0n) is 12.5. The van der Waals surface area contributed by atoms with E-state index >= 15 is 0 Å². The summed E-state index contributed by atoms with van der Waals surface area (Å²) in [5, 5.41) is 19.8. The Kier molecular flexibility index (Phi) is 6.41. The Morgan fingerprint density at radius 3 is 2.82 bits per heavy atom. The molecule has 4 nitrogen and oxygen atoms in total. The smallest absolute Gasteiger partial charge is 0.0993 e. The Balaban J connectivity index is 1.77. The third-order valence-electron chi connectivity index (χ3n) is 3.11. The highest BCUT2D eigenvalue weighted by Crippen LogP contribution is 2.17. The van der Waals surface area contributed by atoms with Gasteiger partial charge in [-0.15, -0.1) is 11.8 Å². The summed E-state index contributed by atoms with van der Waals surface area (Å²) in [4.78, 5) is 6.29. The number of aromatic nitrogens is 1. The van der Waals surface area contributed by atoms with Crippen molar-refractivity contribution in [3.8, 4) is 6.07 Å². The van der Waals surface area contributed by atoms with Crippen LogP contribution in [0.4, 0.5) is 0 Å². The fourth-order valence-electron chi connectivity index (χ4n) is 2.11. The first-order valence-corrected chi connectivity index (χ1v) is 8.05. The summed E-state index contributed by atoms with van der Waals surface area (Å²) in [5.41, 5.74) is 1.82. The van der Waals surface area contributed by atoms with Crippen LogP contribution in [0, 0.1) is 11.3 Å². The van der Waals surface area contributed by atoms with Crippen LogP contribution in [0.3, 0.4) is 0 Å². The highest BCUT2D eigenvalue weighted by Gasteiger charge is 2.10. The molecule has 5 heteroatoms. The molecule has 1 heterocycles. The molecule has 22 heavy (non-hydrogen) atoms. The second kappa shape index (κ2) is 8.54. The molecule has 114 valence electrons. The summed E-state index contributed by atoms with van der Waals surface area (Å²) >= 11 is 1.47. The molecular formula is C17H19N3OS. The summed E-state index contributed by atoms with van der Waals surface area (Å²) in [6.45, 7) is 1.41. The predicted octanol–water partition coefficient (Wildman–Crippen LogP) is 2.54. The molecule has 0 aliphatic heterocycles. The molecule has 2 aromatic rings. The van der Waals surface area contributed by atoms with E-state index in [0.717, 1.165) is 11.6 Å². The van der Waals surface area contributed by atoms with Crippen LogP contribution in [0.2, 0.25) is 0 Å². The highest BCUT2D eigenvalue weighted by atomic mass is 32.2. The SMILES string of the molecule is CN(Cc1ccccc1)CC(O)CSc1cc(C#N)ccn1. The summed E-state index contributed by atoms with van der Waals surface area (Å²) in [6.07, 6.45) is 1.18. The molecule has 1 N–H and O–H groups in total. The lowest BCUT2D eigenvalue weighted by Crippen LogP contribution is -2.30. The molecule has 0 aliphatic rings. The van der Waals surface area contributed by atoms with Crippen molar-refractivity contribution in [1.29, 1.82) is 5.26 Å². The number of pyridine rings is 1. The van der Waals surface area contributed by atoms with Gasteiger partial charge in [-0.3, -0.25) is 4.90 Å². The molecule has 0 spiro atoms. The van der Waals surface area contributed by atoms with Gasteiger partial charge in [0.1, 0.15) is 0 Å². The van der Waals surface area contributed by atoms with E-state index in [1.807, 2.05) is 25.2 Å². The van der Waals surface area contributed by atoms with Crippen molar-refractivity contribution in [3.63, 3.8) is 0 Å². The number of benzene rings is 1. The lowest BCUT2D eigenvalue weighted by atomic mass is 10.2. The number of nitrogens with zero attached hydrogens (tertiary/aromatic N) is 3. The number of hydrogen-bond donors (Lipinski definition) is 1. The summed E-state index contributed by atoms with van der Waals surface area (Å²) in [7, 11) is 2.00. The van der Waals surface area contributed by atoms with E-state index < -0.39 is 6.10 Å². The first-order chi connectivity index (χ1) is 10.7. The van der Waals surface area contributed by atoms with Crippen LogP contribution in [0.5, 0.6) is 0 Å². The number of hydrogen-bond acceptors (Lipinski definition) is 5. The average molecular weight is 313 g/mol. The normalized spacial score (nSPS) is 12.1. The molecule has 0 saturated carbocycles. The van der Waals surface area contributed by atoms with Gasteiger partial charge in [0.2, 0.25) is 0 Å². The van der Waals surface area contributed by atoms with Gasteiger partial charge in [-0.05, 0) is 24.7 Å². The second-order valence-electron chi connectivity index (χ2n) is 5.14. The van der Waals surface area contributed by atoms with Crippen LogP contribution in [-0.4, -0.2) is 40.4 Å². The fraction of sp³-hybridized carbons (Fsp3) is 0.294. The van der Waals surface area contributed by atoms with Gasteiger partial charge < -0.3 is 5.11 Å². The Hall–Kier alpha value is -1.87. The average Bonchev–Trinajstić information content (AvgIpc) is 2.54. The second-order valence-corrected chi connectivity index (χ2v) is 6.18. The number of likely N-dealkylation sites (N-methyl/N-ethyl adjacent to an activating group) is 1. The molecule has 0 amide bonds. The maximum Gasteiger partial charge on any atom is 0.0993 e. The highest BCUT2D eigenvalue weighted by molar-refractivity contribution is 7.99. The fourth-order valence-corrected chi connectivity index (χ4v) is 2.93. The topological polar surface area (TPSA) is 60.1 Å². The molecule has 0 radical (unpaired) electrons. The molecule has 0 saturated heterocycles. The number of aliphatic hydroxyl groups excluding tert-OH is 1. The van der Waals surface area contributed by atoms with E-state index in [4.69, 9.17) is 5.26 Å². The molecule has 1 aromatic carbocycles. The van der Waals surface area contributed by atoms with Gasteiger partial charge in [0.05, 0.1) is 22.8 Å². The van der Waals surface area contributed by atoms with Crippen LogP contribution in [0.15, 0.2) is 53.7 Å². The van der Waals surface area contributed by atoms with Crippen molar-refractivity contribution in [2.24, 2.45) is 0 Å². The molecule has 0 fully saturated rings. The van der Waals surface area contributed by atoms with Gasteiger partial charge in [0.15, 0.2) is 0 Å². The minimum absolute atomic E-state index is 0.439. The third-order valence-corrected chi connectivity index (χ3v) is 4.18. The number of thioether (sulfide) groups is 1. The van der Waals surface area contributed by atoms with Crippen molar-refractivity contribution in [2.45, 2.75) is 17.7 Å². The zero-order valence-corrected chi connectivity index (χ0v) is 13.3. The first-order valence-electron chi connectivity index (χ1n) is 7.07. The number of rotatable bonds is 7. The molecule has 0 aliphatic carbocycles. The number of nitriles is 1. The van der Waals surface area contributed by atoms with Crippen LogP contribution >= 0.6 is 11.8 Å². The maximum absolute atomic E-state index is 10.1. The van der Waals surface area contributed by atoms with E-state index in [2.05, 4.69) is 28.1 Å². The zero-order chi connectivity index (χ0) is 15.8. The van der Waals surface area contributed by atoms with Gasteiger partial charge in [-0.1, -0.05) is 30.3 Å². The molecule has 1 atom stereocenters.